The van der Waals surface area contributed by atoms with Gasteiger partial charge in [0.25, 0.3) is 0 Å². The standard InChI is InChI=1S/C25H22N2O4S/c1-14-6-4-5-7-17(14)13-30-18-10-8-16(9-11-18)21-19(12-26)24(27)31-22-20(25(28)29-3)15(2)32-23(21)22/h4-11,21H,13,27H2,1-3H3. The van der Waals surface area contributed by atoms with Crippen molar-refractivity contribution >= 4 is 17.3 Å². The van der Waals surface area contributed by atoms with E-state index in [1.54, 1.807) is 0 Å². The van der Waals surface area contributed by atoms with E-state index in [0.717, 1.165) is 26.6 Å². The van der Waals surface area contributed by atoms with Crippen molar-refractivity contribution in [3.8, 4) is 17.6 Å². The molecule has 2 heterocycles. The predicted molar refractivity (Wildman–Crippen MR) is 122 cm³/mol. The van der Waals surface area contributed by atoms with Crippen molar-refractivity contribution in [3.63, 3.8) is 0 Å². The van der Waals surface area contributed by atoms with Gasteiger partial charge in [0.1, 0.15) is 29.6 Å². The number of carbonyl (C=O) groups excluding carboxylic acids is 1. The van der Waals surface area contributed by atoms with E-state index >= 15 is 0 Å². The van der Waals surface area contributed by atoms with E-state index in [1.165, 1.54) is 24.0 Å². The highest BCUT2D eigenvalue weighted by Gasteiger charge is 2.37. The van der Waals surface area contributed by atoms with Crippen LogP contribution >= 0.6 is 11.3 Å². The Hall–Kier alpha value is -3.76. The largest absolute Gasteiger partial charge is 0.489 e. The highest BCUT2D eigenvalue weighted by atomic mass is 32.1. The molecular weight excluding hydrogens is 424 g/mol. The fraction of sp³-hybridized carbons (Fsp3) is 0.200. The highest BCUT2D eigenvalue weighted by molar-refractivity contribution is 7.12. The Bertz CT molecular complexity index is 1250. The summed E-state index contributed by atoms with van der Waals surface area (Å²) in [5.74, 6) is 0.147. The van der Waals surface area contributed by atoms with Gasteiger partial charge in [-0.2, -0.15) is 5.26 Å². The molecule has 0 saturated heterocycles. The van der Waals surface area contributed by atoms with Gasteiger partial charge in [-0.15, -0.1) is 11.3 Å². The number of carbonyl (C=O) groups is 1. The average molecular weight is 447 g/mol. The van der Waals surface area contributed by atoms with Crippen LogP contribution in [0.3, 0.4) is 0 Å². The van der Waals surface area contributed by atoms with Crippen LogP contribution in [0.15, 0.2) is 60.0 Å². The van der Waals surface area contributed by atoms with E-state index in [9.17, 15) is 10.1 Å². The van der Waals surface area contributed by atoms with E-state index in [-0.39, 0.29) is 5.88 Å². The van der Waals surface area contributed by atoms with E-state index in [1.807, 2.05) is 49.4 Å². The van der Waals surface area contributed by atoms with Gasteiger partial charge in [-0.1, -0.05) is 36.4 Å². The molecule has 1 unspecified atom stereocenters. The third-order valence-electron chi connectivity index (χ3n) is 5.47. The number of allylic oxidation sites excluding steroid dienone is 1. The maximum absolute atomic E-state index is 12.3. The molecule has 1 atom stereocenters. The van der Waals surface area contributed by atoms with Crippen molar-refractivity contribution in [3.05, 3.63) is 92.0 Å². The normalized spacial score (nSPS) is 14.9. The first-order chi connectivity index (χ1) is 15.4. The second kappa shape index (κ2) is 8.77. The van der Waals surface area contributed by atoms with Crippen LogP contribution in [0.1, 0.15) is 42.7 Å². The zero-order valence-corrected chi connectivity index (χ0v) is 18.8. The fourth-order valence-corrected chi connectivity index (χ4v) is 4.96. The van der Waals surface area contributed by atoms with E-state index in [4.69, 9.17) is 19.9 Å². The summed E-state index contributed by atoms with van der Waals surface area (Å²) in [6.45, 7) is 4.34. The summed E-state index contributed by atoms with van der Waals surface area (Å²) >= 11 is 1.40. The van der Waals surface area contributed by atoms with E-state index in [2.05, 4.69) is 19.1 Å². The van der Waals surface area contributed by atoms with Crippen LogP contribution in [-0.2, 0) is 11.3 Å². The van der Waals surface area contributed by atoms with Crippen molar-refractivity contribution in [2.45, 2.75) is 26.4 Å². The molecule has 1 aliphatic heterocycles. The third kappa shape index (κ3) is 3.81. The molecule has 4 rings (SSSR count). The Morgan fingerprint density at radius 3 is 2.56 bits per heavy atom. The molecule has 6 nitrogen and oxygen atoms in total. The minimum absolute atomic E-state index is 0.00664. The van der Waals surface area contributed by atoms with Crippen LogP contribution in [0, 0.1) is 25.2 Å². The van der Waals surface area contributed by atoms with E-state index in [0.29, 0.717) is 23.5 Å². The van der Waals surface area contributed by atoms with Crippen molar-refractivity contribution in [1.29, 1.82) is 5.26 Å². The van der Waals surface area contributed by atoms with E-state index < -0.39 is 11.9 Å². The molecule has 0 spiro atoms. The minimum atomic E-state index is -0.494. The van der Waals surface area contributed by atoms with Gasteiger partial charge in [0, 0.05) is 4.88 Å². The summed E-state index contributed by atoms with van der Waals surface area (Å²) in [6, 6.07) is 17.8. The molecule has 3 aromatic rings. The molecule has 0 saturated carbocycles. The fourth-order valence-electron chi connectivity index (χ4n) is 3.74. The zero-order valence-electron chi connectivity index (χ0n) is 18.0. The van der Waals surface area contributed by atoms with Gasteiger partial charge in [-0.05, 0) is 42.7 Å². The molecule has 0 fully saturated rings. The van der Waals surface area contributed by atoms with Crippen LogP contribution in [0.2, 0.25) is 0 Å². The Kier molecular flexibility index (Phi) is 5.89. The average Bonchev–Trinajstić information content (AvgIpc) is 3.12. The maximum atomic E-state index is 12.3. The first-order valence-electron chi connectivity index (χ1n) is 10.0. The van der Waals surface area contributed by atoms with Gasteiger partial charge >= 0.3 is 5.97 Å². The van der Waals surface area contributed by atoms with Gasteiger partial charge in [-0.25, -0.2) is 4.79 Å². The Labute approximate surface area is 190 Å². The smallest absolute Gasteiger partial charge is 0.342 e. The van der Waals surface area contributed by atoms with Crippen molar-refractivity contribution in [2.24, 2.45) is 5.73 Å². The predicted octanol–water partition coefficient (Wildman–Crippen LogP) is 4.95. The zero-order chi connectivity index (χ0) is 22.8. The monoisotopic (exact) mass is 446 g/mol. The molecule has 0 aliphatic carbocycles. The van der Waals surface area contributed by atoms with Gasteiger partial charge in [0.15, 0.2) is 5.75 Å². The number of nitriles is 1. The summed E-state index contributed by atoms with van der Waals surface area (Å²) < 4.78 is 16.6. The molecule has 2 N–H and O–H groups in total. The second-order valence-corrected chi connectivity index (χ2v) is 8.68. The summed E-state index contributed by atoms with van der Waals surface area (Å²) in [5, 5.41) is 9.76. The number of ether oxygens (including phenoxy) is 3. The lowest BCUT2D eigenvalue weighted by Crippen LogP contribution is -2.21. The number of hydrogen-bond acceptors (Lipinski definition) is 7. The molecule has 0 radical (unpaired) electrons. The van der Waals surface area contributed by atoms with Crippen molar-refractivity contribution in [1.82, 2.24) is 0 Å². The lowest BCUT2D eigenvalue weighted by molar-refractivity contribution is 0.0597. The summed E-state index contributed by atoms with van der Waals surface area (Å²) in [4.78, 5) is 13.8. The number of benzene rings is 2. The summed E-state index contributed by atoms with van der Waals surface area (Å²) in [6.07, 6.45) is 0. The summed E-state index contributed by atoms with van der Waals surface area (Å²) in [5.41, 5.74) is 9.88. The van der Waals surface area contributed by atoms with Crippen molar-refractivity contribution in [2.75, 3.05) is 7.11 Å². The molecular formula is C25H22N2O4S. The molecule has 1 aromatic heterocycles. The third-order valence-corrected chi connectivity index (χ3v) is 6.62. The summed E-state index contributed by atoms with van der Waals surface area (Å²) in [7, 11) is 1.32. The van der Waals surface area contributed by atoms with Gasteiger partial charge in [0.2, 0.25) is 5.88 Å². The maximum Gasteiger partial charge on any atom is 0.342 e. The number of rotatable bonds is 5. The van der Waals surface area contributed by atoms with Gasteiger partial charge in [0.05, 0.1) is 17.9 Å². The topological polar surface area (TPSA) is 94.6 Å². The van der Waals surface area contributed by atoms with Crippen LogP contribution in [-0.4, -0.2) is 13.1 Å². The molecule has 7 heteroatoms. The quantitative estimate of drug-likeness (QED) is 0.557. The Balaban J connectivity index is 1.66. The lowest BCUT2D eigenvalue weighted by Gasteiger charge is -2.24. The number of fused-ring (bicyclic) bond motifs is 1. The molecule has 0 bridgehead atoms. The number of methoxy groups -OCH3 is 1. The number of thiophene rings is 1. The van der Waals surface area contributed by atoms with Gasteiger partial charge in [-0.3, -0.25) is 0 Å². The number of esters is 1. The van der Waals surface area contributed by atoms with Crippen molar-refractivity contribution < 1.29 is 19.0 Å². The van der Waals surface area contributed by atoms with Crippen LogP contribution in [0.4, 0.5) is 0 Å². The number of nitrogens with two attached hydrogens (primary N) is 1. The number of aryl methyl sites for hydroxylation is 2. The molecule has 0 amide bonds. The van der Waals surface area contributed by atoms with Crippen LogP contribution < -0.4 is 15.2 Å². The molecule has 2 aromatic carbocycles. The van der Waals surface area contributed by atoms with Crippen LogP contribution in [0.5, 0.6) is 11.5 Å². The second-order valence-electron chi connectivity index (χ2n) is 7.43. The first-order valence-corrected chi connectivity index (χ1v) is 10.8. The number of hydrogen-bond donors (Lipinski definition) is 1. The Morgan fingerprint density at radius 1 is 1.19 bits per heavy atom. The highest BCUT2D eigenvalue weighted by Crippen LogP contribution is 2.49. The van der Waals surface area contributed by atoms with Crippen LogP contribution in [0.25, 0.3) is 0 Å². The minimum Gasteiger partial charge on any atom is -0.489 e. The first kappa shape index (κ1) is 21.5. The van der Waals surface area contributed by atoms with Gasteiger partial charge < -0.3 is 19.9 Å². The Morgan fingerprint density at radius 2 is 1.91 bits per heavy atom. The lowest BCUT2D eigenvalue weighted by atomic mass is 9.88. The number of nitrogens with zero attached hydrogens (tertiary/aromatic N) is 1. The SMILES string of the molecule is COC(=O)c1c(C)sc2c1OC(N)=C(C#N)C2c1ccc(OCc2ccccc2C)cc1. The molecule has 162 valence electrons. The molecule has 1 aliphatic rings. The molecule has 32 heavy (non-hydrogen) atoms.